The second-order valence-electron chi connectivity index (χ2n) is 5.72. The predicted octanol–water partition coefficient (Wildman–Crippen LogP) is -2.11. The highest BCUT2D eigenvalue weighted by Gasteiger charge is 2.48. The Morgan fingerprint density at radius 2 is 2.04 bits per heavy atom. The van der Waals surface area contributed by atoms with E-state index >= 15 is 0 Å². The lowest BCUT2D eigenvalue weighted by atomic mass is 10.1. The van der Waals surface area contributed by atoms with Crippen molar-refractivity contribution in [2.75, 3.05) is 29.2 Å². The summed E-state index contributed by atoms with van der Waals surface area (Å²) in [6.45, 7) is -0.592. The highest BCUT2D eigenvalue weighted by molar-refractivity contribution is 7.62. The van der Waals surface area contributed by atoms with E-state index in [-0.39, 0.29) is 12.5 Å². The van der Waals surface area contributed by atoms with Crippen LogP contribution in [0.4, 0.5) is 17.3 Å². The molecule has 0 bridgehead atoms. The maximum Gasteiger partial charge on any atom is 0.480 e. The van der Waals surface area contributed by atoms with Gasteiger partial charge in [-0.1, -0.05) is 0 Å². The molecular formula is C10H18N6O9P2. The predicted molar refractivity (Wildman–Crippen MR) is 89.0 cm³/mol. The second-order valence-corrected chi connectivity index (χ2v) is 8.70. The number of phosphoric acid groups is 1. The zero-order valence-corrected chi connectivity index (χ0v) is 15.3. The number of hydrogen-bond acceptors (Lipinski definition) is 12. The van der Waals surface area contributed by atoms with Gasteiger partial charge in [0, 0.05) is 0 Å². The molecule has 1 fully saturated rings. The summed E-state index contributed by atoms with van der Waals surface area (Å²) in [5, 5.41) is 23.3. The number of hydrogen-bond donors (Lipinski definition) is 7. The first-order valence-corrected chi connectivity index (χ1v) is 10.6. The third-order valence-corrected chi connectivity index (χ3v) is 6.06. The van der Waals surface area contributed by atoms with Crippen molar-refractivity contribution in [3.63, 3.8) is 0 Å². The summed E-state index contributed by atoms with van der Waals surface area (Å²) in [5.41, 5.74) is 10.8. The van der Waals surface area contributed by atoms with Crippen LogP contribution in [0.1, 0.15) is 0 Å². The number of anilines is 3. The Balaban J connectivity index is 1.68. The molecule has 1 saturated heterocycles. The number of ether oxygens (including phenoxy) is 1. The van der Waals surface area contributed by atoms with Crippen molar-refractivity contribution < 1.29 is 42.7 Å². The van der Waals surface area contributed by atoms with Crippen molar-refractivity contribution >= 4 is 32.9 Å². The lowest BCUT2D eigenvalue weighted by Gasteiger charge is -2.26. The van der Waals surface area contributed by atoms with Gasteiger partial charge in [-0.3, -0.25) is 4.52 Å². The molecule has 15 nitrogen and oxygen atoms in total. The van der Waals surface area contributed by atoms with Crippen LogP contribution in [0, 0.1) is 0 Å². The summed E-state index contributed by atoms with van der Waals surface area (Å²) in [5.74, 6) is 0.518. The average molecular weight is 428 g/mol. The molecule has 27 heavy (non-hydrogen) atoms. The standard InChI is InChI=1S/C10H18N6O9P2/c11-8-5-9(14-2-13-8)16(3-15-5)10-7(18)6(17)4(24-10)1-23-27(21,22)25-26(12,19)20/h2,4,6-7,10,15,17-18H,1,3H2,(H,21,22)(H2,11,13,14)(H3,12,19,20)/t4-,6-,7-,10-/m1/s1. The number of aromatic nitrogens is 2. The lowest BCUT2D eigenvalue weighted by molar-refractivity contribution is -0.0212. The lowest BCUT2D eigenvalue weighted by Crippen LogP contribution is -2.44. The van der Waals surface area contributed by atoms with Crippen LogP contribution in [0.5, 0.6) is 0 Å². The van der Waals surface area contributed by atoms with Gasteiger partial charge in [-0.05, 0) is 0 Å². The zero-order chi connectivity index (χ0) is 20.0. The molecule has 0 spiro atoms. The number of rotatable bonds is 6. The van der Waals surface area contributed by atoms with Crippen molar-refractivity contribution in [3.8, 4) is 0 Å². The maximum absolute atomic E-state index is 11.6. The fourth-order valence-corrected chi connectivity index (χ4v) is 4.40. The van der Waals surface area contributed by atoms with Crippen molar-refractivity contribution in [2.24, 2.45) is 5.50 Å². The number of aliphatic hydroxyl groups excluding tert-OH is 2. The Morgan fingerprint density at radius 1 is 1.33 bits per heavy atom. The van der Waals surface area contributed by atoms with Crippen LogP contribution in [0.15, 0.2) is 6.33 Å². The summed E-state index contributed by atoms with van der Waals surface area (Å²) in [4.78, 5) is 27.5. The van der Waals surface area contributed by atoms with Gasteiger partial charge in [-0.25, -0.2) is 24.6 Å². The SMILES string of the molecule is Nc1ncnc2c1NCN2[C@@H]1O[C@H](COP(=O)(O)OP(N)(=O)O)[C@@H](O)[C@H]1O. The van der Waals surface area contributed by atoms with Crippen LogP contribution in [0.2, 0.25) is 0 Å². The van der Waals surface area contributed by atoms with Crippen molar-refractivity contribution in [2.45, 2.75) is 24.5 Å². The first kappa shape index (κ1) is 20.4. The molecule has 17 heteroatoms. The second kappa shape index (κ2) is 7.22. The molecule has 1 aromatic heterocycles. The molecule has 2 aliphatic rings. The van der Waals surface area contributed by atoms with Gasteiger partial charge in [-0.2, -0.15) is 4.31 Å². The molecule has 0 aliphatic carbocycles. The maximum atomic E-state index is 11.6. The van der Waals surface area contributed by atoms with Crippen molar-refractivity contribution in [1.82, 2.24) is 9.97 Å². The van der Waals surface area contributed by atoms with Gasteiger partial charge >= 0.3 is 15.6 Å². The third kappa shape index (κ3) is 4.38. The Bertz CT molecular complexity index is 807. The first-order valence-electron chi connectivity index (χ1n) is 7.41. The summed E-state index contributed by atoms with van der Waals surface area (Å²) < 4.78 is 36.3. The van der Waals surface area contributed by atoms with Crippen LogP contribution in [0.25, 0.3) is 0 Å². The Labute approximate surface area is 152 Å². The molecule has 9 N–H and O–H groups in total. The molecular weight excluding hydrogens is 410 g/mol. The summed E-state index contributed by atoms with van der Waals surface area (Å²) in [6.07, 6.45) is -4.06. The number of nitrogens with one attached hydrogen (secondary N) is 1. The van der Waals surface area contributed by atoms with Gasteiger partial charge < -0.3 is 40.7 Å². The van der Waals surface area contributed by atoms with E-state index in [1.54, 1.807) is 0 Å². The van der Waals surface area contributed by atoms with Crippen LogP contribution >= 0.6 is 15.6 Å². The van der Waals surface area contributed by atoms with Gasteiger partial charge in [0.15, 0.2) is 17.9 Å². The normalized spacial score (nSPS) is 31.8. The van der Waals surface area contributed by atoms with E-state index in [0.29, 0.717) is 11.5 Å². The van der Waals surface area contributed by atoms with Gasteiger partial charge in [0.2, 0.25) is 0 Å². The Kier molecular flexibility index (Phi) is 5.44. The molecule has 3 heterocycles. The number of nitrogens with zero attached hydrogens (tertiary/aromatic N) is 3. The van der Waals surface area contributed by atoms with Gasteiger partial charge in [0.05, 0.1) is 13.3 Å². The van der Waals surface area contributed by atoms with Gasteiger partial charge in [0.25, 0.3) is 0 Å². The minimum absolute atomic E-state index is 0.142. The quantitative estimate of drug-likeness (QED) is 0.240. The highest BCUT2D eigenvalue weighted by Crippen LogP contribution is 2.56. The van der Waals surface area contributed by atoms with Crippen molar-refractivity contribution in [3.05, 3.63) is 6.33 Å². The highest BCUT2D eigenvalue weighted by atomic mass is 31.3. The van der Waals surface area contributed by atoms with E-state index in [0.717, 1.165) is 0 Å². The van der Waals surface area contributed by atoms with E-state index in [9.17, 15) is 24.2 Å². The molecule has 0 amide bonds. The fourth-order valence-electron chi connectivity index (χ4n) is 2.69. The number of nitrogen functional groups attached to an aromatic ring is 1. The van der Waals surface area contributed by atoms with E-state index in [4.69, 9.17) is 15.4 Å². The molecule has 152 valence electrons. The molecule has 1 aromatic rings. The van der Waals surface area contributed by atoms with E-state index in [1.165, 1.54) is 11.2 Å². The third-order valence-electron chi connectivity index (χ3n) is 3.82. The smallest absolute Gasteiger partial charge is 0.387 e. The topological polar surface area (TPSA) is 236 Å². The molecule has 0 radical (unpaired) electrons. The molecule has 6 atom stereocenters. The molecule has 0 aromatic carbocycles. The summed E-state index contributed by atoms with van der Waals surface area (Å²) >= 11 is 0. The number of fused-ring (bicyclic) bond motifs is 1. The first-order chi connectivity index (χ1) is 12.5. The van der Waals surface area contributed by atoms with E-state index in [1.807, 2.05) is 0 Å². The molecule has 3 rings (SSSR count). The summed E-state index contributed by atoms with van der Waals surface area (Å²) in [6, 6.07) is 0. The van der Waals surface area contributed by atoms with Crippen LogP contribution in [0.3, 0.4) is 0 Å². The molecule has 2 aliphatic heterocycles. The number of aliphatic hydroxyl groups is 2. The summed E-state index contributed by atoms with van der Waals surface area (Å²) in [7, 11) is -9.77. The fraction of sp³-hybridized carbons (Fsp3) is 0.600. The minimum Gasteiger partial charge on any atom is -0.387 e. The van der Waals surface area contributed by atoms with E-state index < -0.39 is 46.7 Å². The van der Waals surface area contributed by atoms with Crippen LogP contribution in [-0.2, 0) is 22.7 Å². The van der Waals surface area contributed by atoms with Gasteiger partial charge in [0.1, 0.15) is 30.3 Å². The Hall–Kier alpha value is -1.38. The van der Waals surface area contributed by atoms with Gasteiger partial charge in [-0.15, -0.1) is 0 Å². The van der Waals surface area contributed by atoms with Crippen LogP contribution < -0.4 is 21.5 Å². The Morgan fingerprint density at radius 3 is 2.70 bits per heavy atom. The number of phosphoric ester groups is 1. The van der Waals surface area contributed by atoms with Crippen molar-refractivity contribution in [1.29, 1.82) is 0 Å². The minimum atomic E-state index is -4.99. The largest absolute Gasteiger partial charge is 0.480 e. The number of nitrogens with two attached hydrogens (primary N) is 2. The van der Waals surface area contributed by atoms with E-state index in [2.05, 4.69) is 29.6 Å². The van der Waals surface area contributed by atoms with Crippen LogP contribution in [-0.4, -0.2) is 67.8 Å². The monoisotopic (exact) mass is 428 g/mol. The molecule has 0 saturated carbocycles. The average Bonchev–Trinajstić information content (AvgIpc) is 3.07. The molecule has 2 unspecified atom stereocenters. The zero-order valence-electron chi connectivity index (χ0n) is 13.5.